The maximum absolute atomic E-state index is 11.8. The number of aryl methyl sites for hydroxylation is 1. The lowest BCUT2D eigenvalue weighted by atomic mass is 9.94. The van der Waals surface area contributed by atoms with Gasteiger partial charge in [-0.15, -0.1) is 10.2 Å². The van der Waals surface area contributed by atoms with Gasteiger partial charge in [-0.25, -0.2) is 4.98 Å². The third-order valence-electron chi connectivity index (χ3n) is 4.54. The molecule has 0 unspecified atom stereocenters. The summed E-state index contributed by atoms with van der Waals surface area (Å²) in [5.41, 5.74) is 7.74. The summed E-state index contributed by atoms with van der Waals surface area (Å²) in [4.78, 5) is 16.3. The van der Waals surface area contributed by atoms with Gasteiger partial charge < -0.3 is 10.2 Å². The van der Waals surface area contributed by atoms with Crippen LogP contribution < -0.4 is 5.73 Å². The molecule has 0 aliphatic carbocycles. The van der Waals surface area contributed by atoms with Crippen molar-refractivity contribution in [1.82, 2.24) is 19.6 Å². The van der Waals surface area contributed by atoms with E-state index in [4.69, 9.17) is 21.8 Å². The van der Waals surface area contributed by atoms with Gasteiger partial charge in [0.1, 0.15) is 5.41 Å². The lowest BCUT2D eigenvalue weighted by Gasteiger charge is -2.11. The zero-order chi connectivity index (χ0) is 21.5. The van der Waals surface area contributed by atoms with Crippen LogP contribution in [0.3, 0.4) is 0 Å². The van der Waals surface area contributed by atoms with Crippen LogP contribution in [0.15, 0.2) is 47.0 Å². The van der Waals surface area contributed by atoms with Crippen LogP contribution in [0.5, 0.6) is 0 Å². The summed E-state index contributed by atoms with van der Waals surface area (Å²) in [6.07, 6.45) is 1.67. The van der Waals surface area contributed by atoms with E-state index in [1.54, 1.807) is 29.7 Å². The van der Waals surface area contributed by atoms with Gasteiger partial charge in [0.15, 0.2) is 0 Å². The lowest BCUT2D eigenvalue weighted by molar-refractivity contribution is 0.0990. The van der Waals surface area contributed by atoms with E-state index in [0.717, 1.165) is 11.1 Å². The van der Waals surface area contributed by atoms with Crippen LogP contribution in [-0.2, 0) is 5.41 Å². The van der Waals surface area contributed by atoms with Crippen molar-refractivity contribution in [2.75, 3.05) is 0 Å². The number of pyridine rings is 1. The van der Waals surface area contributed by atoms with E-state index in [1.165, 1.54) is 0 Å². The summed E-state index contributed by atoms with van der Waals surface area (Å²) in [5, 5.41) is 8.47. The number of imidazole rings is 1. The zero-order valence-electron chi connectivity index (χ0n) is 16.6. The van der Waals surface area contributed by atoms with Gasteiger partial charge in [0.05, 0.1) is 11.2 Å². The highest BCUT2D eigenvalue weighted by molar-refractivity contribution is 6.31. The third-order valence-corrected chi connectivity index (χ3v) is 4.78. The number of aromatic nitrogens is 4. The standard InChI is InChI=1S/C22H18ClN5O2/c1-13-26-27-21(30-13)22(2,3)9-7-14-5-4-6-15(11-14)18-17-12-16(23)8-10-28(17)20(25-18)19(24)29/h4-6,8,10-12H,1-3H3,(H2,24,29). The first-order valence-corrected chi connectivity index (χ1v) is 9.54. The normalized spacial score (nSPS) is 11.3. The fourth-order valence-electron chi connectivity index (χ4n) is 3.02. The number of benzene rings is 1. The highest BCUT2D eigenvalue weighted by Gasteiger charge is 2.24. The summed E-state index contributed by atoms with van der Waals surface area (Å²) >= 11 is 6.16. The van der Waals surface area contributed by atoms with E-state index >= 15 is 0 Å². The van der Waals surface area contributed by atoms with Gasteiger partial charge in [0, 0.05) is 29.3 Å². The number of amides is 1. The van der Waals surface area contributed by atoms with Gasteiger partial charge >= 0.3 is 0 Å². The average Bonchev–Trinajstić information content (AvgIpc) is 3.31. The predicted molar refractivity (Wildman–Crippen MR) is 113 cm³/mol. The molecule has 2 N–H and O–H groups in total. The number of fused-ring (bicyclic) bond motifs is 1. The van der Waals surface area contributed by atoms with Crippen LogP contribution >= 0.6 is 11.6 Å². The van der Waals surface area contributed by atoms with Crippen LogP contribution in [0.1, 0.15) is 41.8 Å². The van der Waals surface area contributed by atoms with Crippen molar-refractivity contribution in [2.24, 2.45) is 5.73 Å². The quantitative estimate of drug-likeness (QED) is 0.509. The second-order valence-electron chi connectivity index (χ2n) is 7.33. The van der Waals surface area contributed by atoms with Gasteiger partial charge in [-0.2, -0.15) is 0 Å². The van der Waals surface area contributed by atoms with Gasteiger partial charge in [-0.1, -0.05) is 35.6 Å². The van der Waals surface area contributed by atoms with Gasteiger partial charge in [0.2, 0.25) is 17.6 Å². The summed E-state index contributed by atoms with van der Waals surface area (Å²) in [6, 6.07) is 11.0. The molecule has 150 valence electrons. The van der Waals surface area contributed by atoms with Crippen molar-refractivity contribution >= 4 is 23.0 Å². The second-order valence-corrected chi connectivity index (χ2v) is 7.77. The Morgan fingerprint density at radius 2 is 2.03 bits per heavy atom. The molecule has 0 saturated carbocycles. The Balaban J connectivity index is 1.77. The highest BCUT2D eigenvalue weighted by atomic mass is 35.5. The number of primary amides is 1. The molecular formula is C22H18ClN5O2. The molecule has 4 aromatic rings. The highest BCUT2D eigenvalue weighted by Crippen LogP contribution is 2.28. The molecule has 7 nitrogen and oxygen atoms in total. The molecule has 3 aromatic heterocycles. The number of nitrogens with zero attached hydrogens (tertiary/aromatic N) is 4. The van der Waals surface area contributed by atoms with E-state index in [1.807, 2.05) is 38.1 Å². The maximum Gasteiger partial charge on any atom is 0.285 e. The molecule has 0 fully saturated rings. The summed E-state index contributed by atoms with van der Waals surface area (Å²) in [6.45, 7) is 5.58. The van der Waals surface area contributed by atoms with E-state index in [9.17, 15) is 4.79 Å². The molecule has 30 heavy (non-hydrogen) atoms. The van der Waals surface area contributed by atoms with Crippen LogP contribution in [0.4, 0.5) is 0 Å². The van der Waals surface area contributed by atoms with Crippen molar-refractivity contribution in [3.63, 3.8) is 0 Å². The minimum absolute atomic E-state index is 0.140. The first kappa shape index (κ1) is 19.7. The number of halogens is 1. The largest absolute Gasteiger partial charge is 0.424 e. The lowest BCUT2D eigenvalue weighted by Crippen LogP contribution is -2.15. The fourth-order valence-corrected chi connectivity index (χ4v) is 3.18. The molecular weight excluding hydrogens is 402 g/mol. The number of carbonyl (C=O) groups is 1. The summed E-state index contributed by atoms with van der Waals surface area (Å²) in [7, 11) is 0. The van der Waals surface area contributed by atoms with Crippen LogP contribution in [0.25, 0.3) is 16.8 Å². The van der Waals surface area contributed by atoms with E-state index in [-0.39, 0.29) is 5.82 Å². The smallest absolute Gasteiger partial charge is 0.285 e. The summed E-state index contributed by atoms with van der Waals surface area (Å²) in [5.74, 6) is 6.83. The number of nitrogens with two attached hydrogens (primary N) is 1. The minimum atomic E-state index is -0.619. The van der Waals surface area contributed by atoms with Crippen molar-refractivity contribution in [1.29, 1.82) is 0 Å². The number of hydrogen-bond donors (Lipinski definition) is 1. The molecule has 0 bridgehead atoms. The molecule has 0 radical (unpaired) electrons. The van der Waals surface area contributed by atoms with E-state index < -0.39 is 11.3 Å². The molecule has 4 rings (SSSR count). The van der Waals surface area contributed by atoms with Crippen molar-refractivity contribution in [3.05, 3.63) is 70.8 Å². The Hall–Kier alpha value is -3.63. The SMILES string of the molecule is Cc1nnc(C(C)(C)C#Cc2cccc(-c3nc(C(N)=O)n4ccc(Cl)cc34)c2)o1. The van der Waals surface area contributed by atoms with Gasteiger partial charge in [-0.05, 0) is 38.1 Å². The molecule has 0 saturated heterocycles. The topological polar surface area (TPSA) is 99.3 Å². The Morgan fingerprint density at radius 3 is 2.73 bits per heavy atom. The van der Waals surface area contributed by atoms with Crippen molar-refractivity contribution < 1.29 is 9.21 Å². The zero-order valence-corrected chi connectivity index (χ0v) is 17.4. The molecule has 0 aliphatic rings. The van der Waals surface area contributed by atoms with Crippen molar-refractivity contribution in [2.45, 2.75) is 26.2 Å². The molecule has 8 heteroatoms. The summed E-state index contributed by atoms with van der Waals surface area (Å²) < 4.78 is 7.15. The molecule has 1 aromatic carbocycles. The van der Waals surface area contributed by atoms with Gasteiger partial charge in [0.25, 0.3) is 5.91 Å². The Kier molecular flexibility index (Phi) is 4.80. The monoisotopic (exact) mass is 419 g/mol. The molecule has 0 aliphatic heterocycles. The number of hydrogen-bond acceptors (Lipinski definition) is 5. The number of rotatable bonds is 3. The van der Waals surface area contributed by atoms with E-state index in [2.05, 4.69) is 27.0 Å². The van der Waals surface area contributed by atoms with E-state index in [0.29, 0.717) is 28.0 Å². The molecule has 0 atom stereocenters. The maximum atomic E-state index is 11.8. The molecule has 0 spiro atoms. The third kappa shape index (κ3) is 3.65. The van der Waals surface area contributed by atoms with Crippen molar-refractivity contribution in [3.8, 4) is 23.1 Å². The first-order chi connectivity index (χ1) is 14.2. The van der Waals surface area contributed by atoms with Crippen LogP contribution in [-0.4, -0.2) is 25.5 Å². The first-order valence-electron chi connectivity index (χ1n) is 9.16. The minimum Gasteiger partial charge on any atom is -0.424 e. The second kappa shape index (κ2) is 7.32. The van der Waals surface area contributed by atoms with Crippen LogP contribution in [0, 0.1) is 18.8 Å². The number of carbonyl (C=O) groups excluding carboxylic acids is 1. The Morgan fingerprint density at radius 1 is 1.23 bits per heavy atom. The predicted octanol–water partition coefficient (Wildman–Crippen LogP) is 3.77. The molecule has 1 amide bonds. The van der Waals surface area contributed by atoms with Crippen LogP contribution in [0.2, 0.25) is 5.02 Å². The average molecular weight is 420 g/mol. The van der Waals surface area contributed by atoms with Gasteiger partial charge in [-0.3, -0.25) is 9.20 Å². The molecule has 3 heterocycles. The Labute approximate surface area is 177 Å². The Bertz CT molecular complexity index is 1340. The fraction of sp³-hybridized carbons (Fsp3) is 0.182.